The molecule has 0 aliphatic rings. The van der Waals surface area contributed by atoms with Crippen LogP contribution in [-0.4, -0.2) is 24.5 Å². The molecule has 2 aromatic rings. The third-order valence-corrected chi connectivity index (χ3v) is 2.91. The highest BCUT2D eigenvalue weighted by atomic mass is 32.2. The molecule has 0 aliphatic carbocycles. The van der Waals surface area contributed by atoms with Gasteiger partial charge in [0, 0.05) is 12.4 Å². The molecule has 0 saturated heterocycles. The molecule has 0 unspecified atom stereocenters. The number of sulfonamides is 1. The van der Waals surface area contributed by atoms with Crippen LogP contribution in [0.5, 0.6) is 0 Å². The zero-order valence-electron chi connectivity index (χ0n) is 9.35. The van der Waals surface area contributed by atoms with Gasteiger partial charge in [0.1, 0.15) is 0 Å². The zero-order valence-corrected chi connectivity index (χ0v) is 10.2. The minimum absolute atomic E-state index is 0.378. The van der Waals surface area contributed by atoms with Crippen LogP contribution in [0, 0.1) is 6.92 Å². The summed E-state index contributed by atoms with van der Waals surface area (Å²) in [6.45, 7) is 1.97. The molecule has 0 saturated carbocycles. The van der Waals surface area contributed by atoms with Gasteiger partial charge in [-0.15, -0.1) is 0 Å². The predicted molar refractivity (Wildman–Crippen MR) is 63.9 cm³/mol. The molecule has 5 nitrogen and oxygen atoms in total. The van der Waals surface area contributed by atoms with Gasteiger partial charge in [0.05, 0.1) is 11.8 Å². The Morgan fingerprint density at radius 3 is 2.69 bits per heavy atom. The third kappa shape index (κ3) is 1.88. The van der Waals surface area contributed by atoms with Gasteiger partial charge in [0.2, 0.25) is 10.0 Å². The summed E-state index contributed by atoms with van der Waals surface area (Å²) < 4.78 is 26.4. The van der Waals surface area contributed by atoms with E-state index in [2.05, 4.69) is 9.82 Å². The van der Waals surface area contributed by atoms with Gasteiger partial charge >= 0.3 is 0 Å². The van der Waals surface area contributed by atoms with Crippen LogP contribution in [0.25, 0.3) is 10.9 Å². The first-order valence-corrected chi connectivity index (χ1v) is 6.68. The quantitative estimate of drug-likeness (QED) is 0.858. The normalized spacial score (nSPS) is 11.9. The Labute approximate surface area is 94.1 Å². The summed E-state index contributed by atoms with van der Waals surface area (Å²) in [7, 11) is -1.50. The standard InChI is InChI=1S/C10H13N3O2S/c1-7-5-4-6-8-9(7)13(2)11-10(8)12-16(3,14)15/h4-6H,1-3H3,(H,11,12). The molecule has 6 heteroatoms. The van der Waals surface area contributed by atoms with E-state index in [1.165, 1.54) is 0 Å². The second-order valence-electron chi connectivity index (χ2n) is 3.82. The summed E-state index contributed by atoms with van der Waals surface area (Å²) in [5.41, 5.74) is 2.00. The average Bonchev–Trinajstić information content (AvgIpc) is 2.42. The Morgan fingerprint density at radius 1 is 1.38 bits per heavy atom. The minimum atomic E-state index is -3.29. The number of hydrogen-bond acceptors (Lipinski definition) is 3. The van der Waals surface area contributed by atoms with Crippen LogP contribution in [0.3, 0.4) is 0 Å². The molecule has 16 heavy (non-hydrogen) atoms. The van der Waals surface area contributed by atoms with Crippen LogP contribution in [0.1, 0.15) is 5.56 Å². The minimum Gasteiger partial charge on any atom is -0.266 e. The maximum absolute atomic E-state index is 11.2. The summed E-state index contributed by atoms with van der Waals surface area (Å²) in [6, 6.07) is 5.70. The highest BCUT2D eigenvalue weighted by Crippen LogP contribution is 2.25. The summed E-state index contributed by atoms with van der Waals surface area (Å²) in [5, 5.41) is 4.98. The van der Waals surface area contributed by atoms with Crippen LogP contribution in [0.2, 0.25) is 0 Å². The van der Waals surface area contributed by atoms with Crippen molar-refractivity contribution in [2.24, 2.45) is 7.05 Å². The van der Waals surface area contributed by atoms with Crippen LogP contribution < -0.4 is 4.72 Å². The van der Waals surface area contributed by atoms with Crippen molar-refractivity contribution in [2.45, 2.75) is 6.92 Å². The van der Waals surface area contributed by atoms with Crippen molar-refractivity contribution in [3.05, 3.63) is 23.8 Å². The monoisotopic (exact) mass is 239 g/mol. The van der Waals surface area contributed by atoms with Crippen molar-refractivity contribution in [1.82, 2.24) is 9.78 Å². The number of para-hydroxylation sites is 1. The fourth-order valence-corrected chi connectivity index (χ4v) is 2.29. The smallest absolute Gasteiger partial charge is 0.231 e. The van der Waals surface area contributed by atoms with Crippen molar-refractivity contribution in [3.63, 3.8) is 0 Å². The van der Waals surface area contributed by atoms with E-state index >= 15 is 0 Å². The predicted octanol–water partition coefficient (Wildman–Crippen LogP) is 1.25. The summed E-state index contributed by atoms with van der Waals surface area (Å²) in [6.07, 6.45) is 1.11. The second-order valence-corrected chi connectivity index (χ2v) is 5.57. The van der Waals surface area contributed by atoms with Crippen molar-refractivity contribution in [1.29, 1.82) is 0 Å². The van der Waals surface area contributed by atoms with Gasteiger partial charge in [0.15, 0.2) is 5.82 Å². The number of anilines is 1. The van der Waals surface area contributed by atoms with Gasteiger partial charge in [0.25, 0.3) is 0 Å². The first-order valence-electron chi connectivity index (χ1n) is 4.78. The molecule has 0 spiro atoms. The number of hydrogen-bond donors (Lipinski definition) is 1. The lowest BCUT2D eigenvalue weighted by Gasteiger charge is -1.99. The van der Waals surface area contributed by atoms with E-state index in [1.807, 2.05) is 25.1 Å². The Morgan fingerprint density at radius 2 is 2.06 bits per heavy atom. The first-order chi connectivity index (χ1) is 7.38. The molecule has 86 valence electrons. The van der Waals surface area contributed by atoms with Gasteiger partial charge in [-0.05, 0) is 18.6 Å². The number of fused-ring (bicyclic) bond motifs is 1. The van der Waals surface area contributed by atoms with Crippen molar-refractivity contribution in [3.8, 4) is 0 Å². The lowest BCUT2D eigenvalue weighted by Crippen LogP contribution is -2.10. The lowest BCUT2D eigenvalue weighted by atomic mass is 10.1. The highest BCUT2D eigenvalue weighted by molar-refractivity contribution is 7.92. The van der Waals surface area contributed by atoms with Crippen molar-refractivity contribution < 1.29 is 8.42 Å². The van der Waals surface area contributed by atoms with E-state index in [9.17, 15) is 8.42 Å². The zero-order chi connectivity index (χ0) is 11.9. The molecule has 1 aromatic carbocycles. The number of nitrogens with one attached hydrogen (secondary N) is 1. The van der Waals surface area contributed by atoms with Crippen LogP contribution in [0.15, 0.2) is 18.2 Å². The molecule has 0 radical (unpaired) electrons. The van der Waals surface area contributed by atoms with Crippen LogP contribution in [0.4, 0.5) is 5.82 Å². The maximum Gasteiger partial charge on any atom is 0.231 e. The van der Waals surface area contributed by atoms with Gasteiger partial charge in [-0.3, -0.25) is 9.40 Å². The fraction of sp³-hybridized carbons (Fsp3) is 0.300. The molecule has 1 N–H and O–H groups in total. The molecule has 1 aromatic heterocycles. The molecular weight excluding hydrogens is 226 g/mol. The van der Waals surface area contributed by atoms with E-state index in [-0.39, 0.29) is 0 Å². The van der Waals surface area contributed by atoms with Crippen LogP contribution >= 0.6 is 0 Å². The van der Waals surface area contributed by atoms with Crippen molar-refractivity contribution in [2.75, 3.05) is 11.0 Å². The molecule has 0 atom stereocenters. The first kappa shape index (κ1) is 10.9. The maximum atomic E-state index is 11.2. The molecule has 1 heterocycles. The van der Waals surface area contributed by atoms with E-state index in [1.54, 1.807) is 11.7 Å². The molecule has 0 amide bonds. The number of aromatic nitrogens is 2. The molecule has 2 rings (SSSR count). The number of benzene rings is 1. The Hall–Kier alpha value is -1.56. The Bertz CT molecular complexity index is 643. The lowest BCUT2D eigenvalue weighted by molar-refractivity contribution is 0.606. The topological polar surface area (TPSA) is 64.0 Å². The Kier molecular flexibility index (Phi) is 2.38. The van der Waals surface area contributed by atoms with Gasteiger partial charge < -0.3 is 0 Å². The SMILES string of the molecule is Cc1cccc2c(NS(C)(=O)=O)nn(C)c12. The van der Waals surface area contributed by atoms with Gasteiger partial charge in [-0.1, -0.05) is 12.1 Å². The van der Waals surface area contributed by atoms with Crippen molar-refractivity contribution >= 4 is 26.7 Å². The van der Waals surface area contributed by atoms with Gasteiger partial charge in [-0.25, -0.2) is 8.42 Å². The van der Waals surface area contributed by atoms with Gasteiger partial charge in [-0.2, -0.15) is 5.10 Å². The fourth-order valence-electron chi connectivity index (χ4n) is 1.78. The molecule has 0 aliphatic heterocycles. The van der Waals surface area contributed by atoms with E-state index in [4.69, 9.17) is 0 Å². The van der Waals surface area contributed by atoms with Crippen LogP contribution in [-0.2, 0) is 17.1 Å². The van der Waals surface area contributed by atoms with E-state index < -0.39 is 10.0 Å². The molecular formula is C10H13N3O2S. The number of nitrogens with zero attached hydrogens (tertiary/aromatic N) is 2. The molecule has 0 bridgehead atoms. The summed E-state index contributed by atoms with van der Waals surface area (Å²) >= 11 is 0. The van der Waals surface area contributed by atoms with E-state index in [0.29, 0.717) is 5.82 Å². The number of aryl methyl sites for hydroxylation is 2. The summed E-state index contributed by atoms with van der Waals surface area (Å²) in [5.74, 6) is 0.378. The largest absolute Gasteiger partial charge is 0.266 e. The summed E-state index contributed by atoms with van der Waals surface area (Å²) in [4.78, 5) is 0. The second kappa shape index (κ2) is 3.48. The molecule has 0 fully saturated rings. The Balaban J connectivity index is 2.69. The third-order valence-electron chi connectivity index (χ3n) is 2.35. The number of rotatable bonds is 2. The highest BCUT2D eigenvalue weighted by Gasteiger charge is 2.12. The van der Waals surface area contributed by atoms with E-state index in [0.717, 1.165) is 22.7 Å². The average molecular weight is 239 g/mol.